The SMILES string of the molecule is CN1[C@@H](CC(=O)O)CC[C@H]1CNC(=O)CCc1ccccn1. The fourth-order valence-electron chi connectivity index (χ4n) is 2.89. The summed E-state index contributed by atoms with van der Waals surface area (Å²) in [4.78, 5) is 28.9. The standard InChI is InChI=1S/C16H23N3O3/c1-19-13(10-16(21)22)6-7-14(19)11-18-15(20)8-5-12-4-2-3-9-17-12/h2-4,9,13-14H,5-8,10-11H2,1H3,(H,18,20)(H,21,22)/t13-,14+/m1/s1. The van der Waals surface area contributed by atoms with Crippen molar-refractivity contribution < 1.29 is 14.7 Å². The number of aliphatic carboxylic acids is 1. The molecule has 0 bridgehead atoms. The predicted molar refractivity (Wildman–Crippen MR) is 82.4 cm³/mol. The average Bonchev–Trinajstić information content (AvgIpc) is 2.84. The molecule has 1 aliphatic heterocycles. The summed E-state index contributed by atoms with van der Waals surface area (Å²) in [5, 5.41) is 11.8. The number of rotatable bonds is 7. The van der Waals surface area contributed by atoms with E-state index in [1.54, 1.807) is 6.20 Å². The molecule has 2 rings (SSSR count). The van der Waals surface area contributed by atoms with Crippen molar-refractivity contribution in [3.63, 3.8) is 0 Å². The second-order valence-electron chi connectivity index (χ2n) is 5.77. The van der Waals surface area contributed by atoms with E-state index in [4.69, 9.17) is 5.11 Å². The zero-order valence-electron chi connectivity index (χ0n) is 12.9. The molecule has 0 saturated carbocycles. The molecule has 2 N–H and O–H groups in total. The summed E-state index contributed by atoms with van der Waals surface area (Å²) < 4.78 is 0. The largest absolute Gasteiger partial charge is 0.481 e. The first kappa shape index (κ1) is 16.4. The quantitative estimate of drug-likeness (QED) is 0.787. The zero-order chi connectivity index (χ0) is 15.9. The Morgan fingerprint density at radius 3 is 2.82 bits per heavy atom. The van der Waals surface area contributed by atoms with Gasteiger partial charge in [0.1, 0.15) is 0 Å². The molecule has 0 unspecified atom stereocenters. The summed E-state index contributed by atoms with van der Waals surface area (Å²) in [6.45, 7) is 0.577. The van der Waals surface area contributed by atoms with E-state index in [9.17, 15) is 9.59 Å². The molecule has 1 fully saturated rings. The van der Waals surface area contributed by atoms with Crippen molar-refractivity contribution in [2.75, 3.05) is 13.6 Å². The molecule has 6 heteroatoms. The molecule has 120 valence electrons. The van der Waals surface area contributed by atoms with Crippen LogP contribution in [0.2, 0.25) is 0 Å². The minimum absolute atomic E-state index is 0.0146. The van der Waals surface area contributed by atoms with Gasteiger partial charge in [0.05, 0.1) is 6.42 Å². The summed E-state index contributed by atoms with van der Waals surface area (Å²) in [5.41, 5.74) is 0.914. The Morgan fingerprint density at radius 2 is 2.14 bits per heavy atom. The number of likely N-dealkylation sites (N-methyl/N-ethyl adjacent to an activating group) is 1. The number of aromatic nitrogens is 1. The van der Waals surface area contributed by atoms with Crippen LogP contribution in [0.3, 0.4) is 0 Å². The first-order valence-corrected chi connectivity index (χ1v) is 7.66. The van der Waals surface area contributed by atoms with Gasteiger partial charge in [0.25, 0.3) is 0 Å². The molecule has 1 aliphatic rings. The molecule has 1 saturated heterocycles. The molecule has 1 aromatic rings. The van der Waals surface area contributed by atoms with E-state index >= 15 is 0 Å². The van der Waals surface area contributed by atoms with Gasteiger partial charge in [0.2, 0.25) is 5.91 Å². The normalized spacial score (nSPS) is 21.7. The van der Waals surface area contributed by atoms with Crippen LogP contribution in [-0.2, 0) is 16.0 Å². The number of nitrogens with one attached hydrogen (secondary N) is 1. The number of carbonyl (C=O) groups excluding carboxylic acids is 1. The monoisotopic (exact) mass is 305 g/mol. The zero-order valence-corrected chi connectivity index (χ0v) is 12.9. The molecular weight excluding hydrogens is 282 g/mol. The van der Waals surface area contributed by atoms with Crippen molar-refractivity contribution in [2.45, 2.75) is 44.2 Å². The molecule has 0 spiro atoms. The van der Waals surface area contributed by atoms with Crippen LogP contribution in [0, 0.1) is 0 Å². The van der Waals surface area contributed by atoms with E-state index in [1.165, 1.54) is 0 Å². The fourth-order valence-corrected chi connectivity index (χ4v) is 2.89. The van der Waals surface area contributed by atoms with Crippen LogP contribution in [0.25, 0.3) is 0 Å². The predicted octanol–water partition coefficient (Wildman–Crippen LogP) is 1.07. The summed E-state index contributed by atoms with van der Waals surface area (Å²) in [5.74, 6) is -0.752. The van der Waals surface area contributed by atoms with Gasteiger partial charge in [-0.05, 0) is 38.4 Å². The second-order valence-corrected chi connectivity index (χ2v) is 5.77. The molecule has 2 heterocycles. The number of carbonyl (C=O) groups is 2. The topological polar surface area (TPSA) is 82.5 Å². The van der Waals surface area contributed by atoms with Gasteiger partial charge in [-0.25, -0.2) is 0 Å². The number of hydrogen-bond acceptors (Lipinski definition) is 4. The number of pyridine rings is 1. The molecule has 2 atom stereocenters. The van der Waals surface area contributed by atoms with Crippen LogP contribution in [0.1, 0.15) is 31.4 Å². The molecule has 0 radical (unpaired) electrons. The van der Waals surface area contributed by atoms with E-state index in [2.05, 4.69) is 15.2 Å². The summed E-state index contributed by atoms with van der Waals surface area (Å²) in [7, 11) is 1.94. The van der Waals surface area contributed by atoms with Crippen molar-refractivity contribution in [3.05, 3.63) is 30.1 Å². The smallest absolute Gasteiger partial charge is 0.304 e. The van der Waals surface area contributed by atoms with Gasteiger partial charge in [-0.3, -0.25) is 19.5 Å². The van der Waals surface area contributed by atoms with E-state index < -0.39 is 5.97 Å². The van der Waals surface area contributed by atoms with Crippen LogP contribution in [0.5, 0.6) is 0 Å². The highest BCUT2D eigenvalue weighted by atomic mass is 16.4. The number of likely N-dealkylation sites (tertiary alicyclic amines) is 1. The third-order valence-corrected chi connectivity index (χ3v) is 4.26. The molecule has 1 amide bonds. The number of hydrogen-bond donors (Lipinski definition) is 2. The fraction of sp³-hybridized carbons (Fsp3) is 0.562. The van der Waals surface area contributed by atoms with Crippen LogP contribution >= 0.6 is 0 Å². The first-order valence-electron chi connectivity index (χ1n) is 7.66. The lowest BCUT2D eigenvalue weighted by Gasteiger charge is -2.25. The van der Waals surface area contributed by atoms with Crippen LogP contribution < -0.4 is 5.32 Å². The molecule has 0 aliphatic carbocycles. The summed E-state index contributed by atoms with van der Waals surface area (Å²) in [6, 6.07) is 5.98. The van der Waals surface area contributed by atoms with E-state index in [1.807, 2.05) is 25.2 Å². The van der Waals surface area contributed by atoms with Crippen LogP contribution in [0.15, 0.2) is 24.4 Å². The average molecular weight is 305 g/mol. The van der Waals surface area contributed by atoms with Gasteiger partial charge in [0.15, 0.2) is 0 Å². The minimum atomic E-state index is -0.767. The number of amides is 1. The van der Waals surface area contributed by atoms with Gasteiger partial charge >= 0.3 is 5.97 Å². The lowest BCUT2D eigenvalue weighted by atomic mass is 10.1. The molecule has 1 aromatic heterocycles. The minimum Gasteiger partial charge on any atom is -0.481 e. The Hall–Kier alpha value is -1.95. The van der Waals surface area contributed by atoms with Crippen molar-refractivity contribution >= 4 is 11.9 Å². The lowest BCUT2D eigenvalue weighted by Crippen LogP contribution is -2.41. The van der Waals surface area contributed by atoms with E-state index in [-0.39, 0.29) is 24.4 Å². The summed E-state index contributed by atoms with van der Waals surface area (Å²) >= 11 is 0. The Morgan fingerprint density at radius 1 is 1.36 bits per heavy atom. The van der Waals surface area contributed by atoms with Crippen molar-refractivity contribution in [3.8, 4) is 0 Å². The highest BCUT2D eigenvalue weighted by Crippen LogP contribution is 2.24. The van der Waals surface area contributed by atoms with Crippen molar-refractivity contribution in [1.82, 2.24) is 15.2 Å². The first-order chi connectivity index (χ1) is 10.6. The number of carboxylic acids is 1. The van der Waals surface area contributed by atoms with Gasteiger partial charge in [-0.2, -0.15) is 0 Å². The Labute approximate surface area is 130 Å². The Kier molecular flexibility index (Phi) is 5.89. The second kappa shape index (κ2) is 7.89. The Balaban J connectivity index is 1.69. The molecule has 0 aromatic carbocycles. The van der Waals surface area contributed by atoms with Gasteiger partial charge < -0.3 is 10.4 Å². The van der Waals surface area contributed by atoms with Crippen LogP contribution in [0.4, 0.5) is 0 Å². The third-order valence-electron chi connectivity index (χ3n) is 4.26. The maximum atomic E-state index is 11.9. The number of carboxylic acid groups (broad SMARTS) is 1. The van der Waals surface area contributed by atoms with E-state index in [0.717, 1.165) is 18.5 Å². The van der Waals surface area contributed by atoms with Crippen molar-refractivity contribution in [2.24, 2.45) is 0 Å². The van der Waals surface area contributed by atoms with Crippen molar-refractivity contribution in [1.29, 1.82) is 0 Å². The third kappa shape index (κ3) is 4.80. The Bertz CT molecular complexity index is 507. The molecular formula is C16H23N3O3. The highest BCUT2D eigenvalue weighted by Gasteiger charge is 2.31. The molecule has 6 nitrogen and oxygen atoms in total. The summed E-state index contributed by atoms with van der Waals surface area (Å²) in [6.07, 6.45) is 4.75. The van der Waals surface area contributed by atoms with Gasteiger partial charge in [-0.1, -0.05) is 6.07 Å². The number of nitrogens with zero attached hydrogens (tertiary/aromatic N) is 2. The van der Waals surface area contributed by atoms with Gasteiger partial charge in [0, 0.05) is 36.9 Å². The molecule has 22 heavy (non-hydrogen) atoms. The number of aryl methyl sites for hydroxylation is 1. The van der Waals surface area contributed by atoms with Gasteiger partial charge in [-0.15, -0.1) is 0 Å². The van der Waals surface area contributed by atoms with Crippen LogP contribution in [-0.4, -0.2) is 52.5 Å². The lowest BCUT2D eigenvalue weighted by molar-refractivity contribution is -0.138. The highest BCUT2D eigenvalue weighted by molar-refractivity contribution is 5.76. The maximum Gasteiger partial charge on any atom is 0.304 e. The maximum absolute atomic E-state index is 11.9. The van der Waals surface area contributed by atoms with E-state index in [0.29, 0.717) is 19.4 Å².